The van der Waals surface area contributed by atoms with Gasteiger partial charge in [0.25, 0.3) is 0 Å². The minimum Gasteiger partial charge on any atom is -0.504 e. The topological polar surface area (TPSA) is 173 Å². The van der Waals surface area contributed by atoms with Gasteiger partial charge in [-0.25, -0.2) is 4.79 Å². The number of hydrogen-bond donors (Lipinski definition) is 4. The molecule has 12 rings (SSSR count). The fourth-order valence-electron chi connectivity index (χ4n) is 11.3. The van der Waals surface area contributed by atoms with Gasteiger partial charge in [-0.3, -0.25) is 19.9 Å². The van der Waals surface area contributed by atoms with Crippen molar-refractivity contribution in [3.8, 4) is 28.7 Å². The summed E-state index contributed by atoms with van der Waals surface area (Å²) in [5.74, 6) is 0.573. The van der Waals surface area contributed by atoms with Crippen molar-refractivity contribution in [2.45, 2.75) is 79.8 Å². The molecule has 56 heavy (non-hydrogen) atoms. The predicted molar refractivity (Wildman–Crippen MR) is 200 cm³/mol. The highest BCUT2D eigenvalue weighted by molar-refractivity contribution is 7.99. The summed E-state index contributed by atoms with van der Waals surface area (Å²) in [7, 11) is 3.50. The van der Waals surface area contributed by atoms with Gasteiger partial charge < -0.3 is 43.4 Å². The van der Waals surface area contributed by atoms with Gasteiger partial charge in [-0.1, -0.05) is 24.3 Å². The molecule has 1 aliphatic carbocycles. The van der Waals surface area contributed by atoms with Gasteiger partial charge in [-0.2, -0.15) is 0 Å². The smallest absolute Gasteiger partial charge is 0.335 e. The molecule has 14 nitrogen and oxygen atoms in total. The molecular formula is C41H41N3O11S. The Balaban J connectivity index is 1.19. The third kappa shape index (κ3) is 4.10. The first-order chi connectivity index (χ1) is 27.0. The van der Waals surface area contributed by atoms with Crippen LogP contribution in [0.5, 0.6) is 28.7 Å². The number of benzene rings is 3. The average molecular weight is 784 g/mol. The van der Waals surface area contributed by atoms with E-state index in [4.69, 9.17) is 28.1 Å². The normalized spacial score (nSPS) is 33.3. The molecule has 1 aromatic heterocycles. The maximum absolute atomic E-state index is 15.0. The lowest BCUT2D eigenvalue weighted by Crippen LogP contribution is -2.65. The third-order valence-corrected chi connectivity index (χ3v) is 14.8. The molecule has 4 bridgehead atoms. The minimum absolute atomic E-state index is 0.0173. The van der Waals surface area contributed by atoms with Crippen molar-refractivity contribution in [2.24, 2.45) is 0 Å². The molecule has 8 heterocycles. The molecule has 7 aliphatic heterocycles. The molecule has 8 aliphatic rings. The highest BCUT2D eigenvalue weighted by Gasteiger charge is 2.81. The Morgan fingerprint density at radius 1 is 1.11 bits per heavy atom. The summed E-state index contributed by atoms with van der Waals surface area (Å²) in [5.41, 5.74) is 2.60. The summed E-state index contributed by atoms with van der Waals surface area (Å²) >= 11 is 1.44. The Morgan fingerprint density at radius 3 is 2.66 bits per heavy atom. The fourth-order valence-corrected chi connectivity index (χ4v) is 13.0. The van der Waals surface area contributed by atoms with Crippen molar-refractivity contribution in [3.63, 3.8) is 0 Å². The van der Waals surface area contributed by atoms with E-state index in [2.05, 4.69) is 15.1 Å². The molecule has 3 fully saturated rings. The summed E-state index contributed by atoms with van der Waals surface area (Å²) < 4.78 is 37.2. The van der Waals surface area contributed by atoms with Crippen molar-refractivity contribution in [2.75, 3.05) is 39.9 Å². The maximum atomic E-state index is 15.0. The van der Waals surface area contributed by atoms with E-state index in [9.17, 15) is 24.9 Å². The van der Waals surface area contributed by atoms with Crippen molar-refractivity contribution >= 4 is 34.7 Å². The molecule has 292 valence electrons. The van der Waals surface area contributed by atoms with Gasteiger partial charge in [0.1, 0.15) is 29.4 Å². The number of phenolic OH excluding ortho intramolecular Hbond substituents is 1. The van der Waals surface area contributed by atoms with E-state index in [0.29, 0.717) is 63.0 Å². The number of piperazine rings is 1. The van der Waals surface area contributed by atoms with Crippen LogP contribution in [-0.4, -0.2) is 101 Å². The molecular weight excluding hydrogens is 743 g/mol. The second-order valence-electron chi connectivity index (χ2n) is 16.1. The molecule has 9 atom stereocenters. The number of para-hydroxylation sites is 1. The second kappa shape index (κ2) is 11.5. The standard InChI is InChI=1S/C41H41N3O11S/c1-16-10-22-25(31(47)32(16)50-5)29-30-36-27-26(35-34(52-15-53-35)17(2)33(27)54-18(3)46)23(44(30)41(49)28(22)37(41)43(29)4)13-51-39(48)40(14-56-36)38-21(11-19(12-45)42-40)20-8-6-7-9-24(20)55-38/h6-10,19,23,28-30,36-37,42,45,47,49H,11-15H2,1-5H3/t19-,23-,28?,29-,30+,36+,37-,40+,41-/m0/s1. The third-order valence-electron chi connectivity index (χ3n) is 13.4. The van der Waals surface area contributed by atoms with E-state index in [0.717, 1.165) is 22.1 Å². The van der Waals surface area contributed by atoms with Crippen LogP contribution in [0, 0.1) is 13.8 Å². The number of nitrogens with one attached hydrogen (secondary N) is 1. The Bertz CT molecular complexity index is 2440. The monoisotopic (exact) mass is 783 g/mol. The summed E-state index contributed by atoms with van der Waals surface area (Å²) in [6.07, 6.45) is 0.438. The zero-order chi connectivity index (χ0) is 38.7. The zero-order valence-corrected chi connectivity index (χ0v) is 32.2. The summed E-state index contributed by atoms with van der Waals surface area (Å²) in [6.45, 7) is 4.54. The summed E-state index contributed by atoms with van der Waals surface area (Å²) in [4.78, 5) is 32.1. The SMILES string of the molecule is COc1c(C)cc2c(c1O)[C@H]1[C@@H]3[C@@H]4SC[C@]5(N[C@H](CO)Cc6c5oc5ccccc65)C(=O)OC[C@@H](c5c6c(c(C)c(OC(C)=O)c54)OCO6)N3[C@]3(O)C2[C@@H]3N1C. The number of rotatable bonds is 3. The first-order valence-corrected chi connectivity index (χ1v) is 20.0. The van der Waals surface area contributed by atoms with Gasteiger partial charge in [0.05, 0.1) is 37.1 Å². The summed E-state index contributed by atoms with van der Waals surface area (Å²) in [6, 6.07) is 6.91. The van der Waals surface area contributed by atoms with Crippen LogP contribution in [-0.2, 0) is 26.3 Å². The maximum Gasteiger partial charge on any atom is 0.335 e. The van der Waals surface area contributed by atoms with Gasteiger partial charge in [-0.05, 0) is 44.5 Å². The van der Waals surface area contributed by atoms with Gasteiger partial charge in [0.2, 0.25) is 6.79 Å². The molecule has 1 spiro atoms. The number of aromatic hydroxyl groups is 1. The van der Waals surface area contributed by atoms with E-state index in [1.165, 1.54) is 25.8 Å². The molecule has 2 saturated heterocycles. The number of thioether (sulfide) groups is 1. The number of carbonyl (C=O) groups is 2. The number of aliphatic hydroxyl groups is 2. The quantitative estimate of drug-likeness (QED) is 0.175. The number of esters is 2. The van der Waals surface area contributed by atoms with Crippen LogP contribution in [0.15, 0.2) is 34.7 Å². The second-order valence-corrected chi connectivity index (χ2v) is 17.2. The van der Waals surface area contributed by atoms with E-state index in [-0.39, 0.29) is 37.6 Å². The van der Waals surface area contributed by atoms with Crippen LogP contribution in [0.2, 0.25) is 0 Å². The van der Waals surface area contributed by atoms with E-state index >= 15 is 0 Å². The number of nitrogens with zero attached hydrogens (tertiary/aromatic N) is 2. The van der Waals surface area contributed by atoms with Gasteiger partial charge in [-0.15, -0.1) is 11.8 Å². The fraction of sp³-hybridized carbons (Fsp3) is 0.463. The number of aliphatic hydroxyl groups excluding tert-OH is 1. The van der Waals surface area contributed by atoms with E-state index in [1.54, 1.807) is 0 Å². The van der Waals surface area contributed by atoms with Crippen LogP contribution >= 0.6 is 11.8 Å². The first-order valence-electron chi connectivity index (χ1n) is 18.9. The number of furan rings is 1. The Kier molecular flexibility index (Phi) is 7.16. The predicted octanol–water partition coefficient (Wildman–Crippen LogP) is 3.73. The van der Waals surface area contributed by atoms with E-state index < -0.39 is 58.5 Å². The highest BCUT2D eigenvalue weighted by atomic mass is 32.2. The summed E-state index contributed by atoms with van der Waals surface area (Å²) in [5, 5.41) is 39.6. The van der Waals surface area contributed by atoms with Crippen LogP contribution < -0.4 is 24.3 Å². The molecule has 3 aromatic carbocycles. The van der Waals surface area contributed by atoms with Gasteiger partial charge in [0.15, 0.2) is 28.5 Å². The average Bonchev–Trinajstić information content (AvgIpc) is 3.43. The van der Waals surface area contributed by atoms with Crippen LogP contribution in [0.4, 0.5) is 0 Å². The van der Waals surface area contributed by atoms with Crippen LogP contribution in [0.1, 0.15) is 74.9 Å². The van der Waals surface area contributed by atoms with Crippen LogP contribution in [0.25, 0.3) is 11.0 Å². The molecule has 0 radical (unpaired) electrons. The number of hydrogen-bond acceptors (Lipinski definition) is 15. The largest absolute Gasteiger partial charge is 0.504 e. The van der Waals surface area contributed by atoms with Gasteiger partial charge in [0, 0.05) is 63.9 Å². The lowest BCUT2D eigenvalue weighted by molar-refractivity contribution is -0.173. The molecule has 15 heteroatoms. The Morgan fingerprint density at radius 2 is 1.89 bits per heavy atom. The number of methoxy groups -OCH3 is 1. The number of carbonyl (C=O) groups excluding carboxylic acids is 2. The lowest BCUT2D eigenvalue weighted by atomic mass is 9.77. The first kappa shape index (κ1) is 34.7. The zero-order valence-electron chi connectivity index (χ0n) is 31.4. The molecule has 4 N–H and O–H groups in total. The lowest BCUT2D eigenvalue weighted by Gasteiger charge is -2.57. The van der Waals surface area contributed by atoms with Crippen LogP contribution in [0.3, 0.4) is 0 Å². The molecule has 4 aromatic rings. The van der Waals surface area contributed by atoms with Crippen molar-refractivity contribution < 1.29 is 53.0 Å². The number of phenols is 1. The minimum atomic E-state index is -1.53. The number of likely N-dealkylation sites (N-methyl/N-ethyl adjacent to an activating group) is 1. The number of aryl methyl sites for hydroxylation is 1. The Labute approximate surface area is 325 Å². The van der Waals surface area contributed by atoms with Gasteiger partial charge >= 0.3 is 11.9 Å². The number of fused-ring (bicyclic) bond motifs is 12. The van der Waals surface area contributed by atoms with Crippen molar-refractivity contribution in [1.29, 1.82) is 0 Å². The Hall–Kier alpha value is -4.51. The molecule has 1 saturated carbocycles. The number of ether oxygens (including phenoxy) is 5. The molecule has 1 unspecified atom stereocenters. The van der Waals surface area contributed by atoms with E-state index in [1.807, 2.05) is 51.2 Å². The van der Waals surface area contributed by atoms with Crippen molar-refractivity contribution in [3.05, 3.63) is 75.0 Å². The highest BCUT2D eigenvalue weighted by Crippen LogP contribution is 2.75. The molecule has 0 amide bonds. The van der Waals surface area contributed by atoms with Crippen molar-refractivity contribution in [1.82, 2.24) is 15.1 Å².